The summed E-state index contributed by atoms with van der Waals surface area (Å²) in [6, 6.07) is 0. The number of hydrogen-bond acceptors (Lipinski definition) is 5. The van der Waals surface area contributed by atoms with E-state index in [0.29, 0.717) is 19.0 Å². The van der Waals surface area contributed by atoms with Gasteiger partial charge >= 0.3 is 0 Å². The van der Waals surface area contributed by atoms with Crippen molar-refractivity contribution >= 4 is 17.7 Å². The lowest BCUT2D eigenvalue weighted by molar-refractivity contribution is -0.127. The van der Waals surface area contributed by atoms with Crippen LogP contribution in [0, 0.1) is 5.82 Å². The fourth-order valence-electron chi connectivity index (χ4n) is 1.28. The number of carbonyl (C=O) groups is 1. The highest BCUT2D eigenvalue weighted by molar-refractivity contribution is 5.80. The number of hydrogen-bond donors (Lipinski definition) is 2. The Hall–Kier alpha value is -1.92. The smallest absolute Gasteiger partial charge is 0.241 e. The van der Waals surface area contributed by atoms with E-state index >= 15 is 0 Å². The van der Waals surface area contributed by atoms with Crippen LogP contribution in [0.4, 0.5) is 16.2 Å². The molecule has 1 rings (SSSR count). The molecule has 1 heterocycles. The highest BCUT2D eigenvalue weighted by Gasteiger charge is 2.10. The van der Waals surface area contributed by atoms with Crippen molar-refractivity contribution in [1.82, 2.24) is 14.9 Å². The third-order valence-electron chi connectivity index (χ3n) is 2.58. The Morgan fingerprint density at radius 1 is 1.42 bits per heavy atom. The van der Waals surface area contributed by atoms with Gasteiger partial charge in [0.05, 0.1) is 12.7 Å². The number of aromatic nitrogens is 2. The van der Waals surface area contributed by atoms with Crippen molar-refractivity contribution in [2.24, 2.45) is 0 Å². The molecule has 0 bridgehead atoms. The Bertz CT molecular complexity index is 427. The van der Waals surface area contributed by atoms with Crippen LogP contribution in [-0.2, 0) is 4.79 Å². The Morgan fingerprint density at radius 2 is 2.16 bits per heavy atom. The summed E-state index contributed by atoms with van der Waals surface area (Å²) in [5.74, 6) is -0.314. The molecule has 1 aromatic rings. The molecule has 0 saturated carbocycles. The van der Waals surface area contributed by atoms with Gasteiger partial charge in [-0.2, -0.15) is 4.98 Å². The zero-order chi connectivity index (χ0) is 14.3. The molecule has 0 fully saturated rings. The van der Waals surface area contributed by atoms with E-state index in [2.05, 4.69) is 20.6 Å². The average molecular weight is 269 g/mol. The number of carbonyl (C=O) groups excluding carboxylic acids is 1. The lowest BCUT2D eigenvalue weighted by Crippen LogP contribution is -2.32. The summed E-state index contributed by atoms with van der Waals surface area (Å²) in [6.07, 6.45) is 2.00. The summed E-state index contributed by atoms with van der Waals surface area (Å²) in [4.78, 5) is 21.0. The van der Waals surface area contributed by atoms with E-state index in [1.54, 1.807) is 11.9 Å². The van der Waals surface area contributed by atoms with Gasteiger partial charge < -0.3 is 15.5 Å². The van der Waals surface area contributed by atoms with E-state index in [1.165, 1.54) is 0 Å². The number of halogens is 1. The van der Waals surface area contributed by atoms with E-state index in [0.717, 1.165) is 12.6 Å². The Balaban J connectivity index is 2.64. The first-order valence-electron chi connectivity index (χ1n) is 6.32. The Morgan fingerprint density at radius 3 is 2.79 bits per heavy atom. The molecule has 0 saturated heterocycles. The van der Waals surface area contributed by atoms with Crippen LogP contribution in [0.2, 0.25) is 0 Å². The molecule has 7 heteroatoms. The fraction of sp³-hybridized carbons (Fsp3) is 0.583. The largest absolute Gasteiger partial charge is 0.358 e. The van der Waals surface area contributed by atoms with Crippen LogP contribution in [0.3, 0.4) is 0 Å². The molecule has 0 spiro atoms. The predicted octanol–water partition coefficient (Wildman–Crippen LogP) is 1.33. The van der Waals surface area contributed by atoms with Gasteiger partial charge in [-0.25, -0.2) is 9.37 Å². The van der Waals surface area contributed by atoms with E-state index in [4.69, 9.17) is 0 Å². The fourth-order valence-corrected chi connectivity index (χ4v) is 1.28. The number of nitrogens with one attached hydrogen (secondary N) is 2. The van der Waals surface area contributed by atoms with Gasteiger partial charge in [-0.05, 0) is 13.3 Å². The maximum absolute atomic E-state index is 13.5. The summed E-state index contributed by atoms with van der Waals surface area (Å²) in [5.41, 5.74) is 0. The average Bonchev–Trinajstić information content (AvgIpc) is 2.43. The summed E-state index contributed by atoms with van der Waals surface area (Å²) in [7, 11) is 1.69. The minimum atomic E-state index is -0.575. The number of anilines is 2. The molecular weight excluding hydrogens is 249 g/mol. The predicted molar refractivity (Wildman–Crippen MR) is 72.6 cm³/mol. The molecule has 0 radical (unpaired) electrons. The van der Waals surface area contributed by atoms with Gasteiger partial charge in [-0.3, -0.25) is 4.79 Å². The molecule has 19 heavy (non-hydrogen) atoms. The standard InChI is InChI=1S/C12H20FN5O/c1-4-6-14-12-16-7-9(13)11(17-12)15-8-10(19)18(3)5-2/h7H,4-6,8H2,1-3H3,(H2,14,15,16,17). The lowest BCUT2D eigenvalue weighted by Gasteiger charge is -2.15. The molecule has 0 aliphatic rings. The van der Waals surface area contributed by atoms with Crippen LogP contribution in [0.5, 0.6) is 0 Å². The Kier molecular flexibility index (Phi) is 5.98. The molecule has 106 valence electrons. The van der Waals surface area contributed by atoms with Gasteiger partial charge in [0.2, 0.25) is 11.9 Å². The van der Waals surface area contributed by atoms with Crippen molar-refractivity contribution in [1.29, 1.82) is 0 Å². The summed E-state index contributed by atoms with van der Waals surface area (Å²) in [6.45, 7) is 5.20. The molecule has 0 aliphatic heterocycles. The number of likely N-dealkylation sites (N-methyl/N-ethyl adjacent to an activating group) is 1. The van der Waals surface area contributed by atoms with Crippen molar-refractivity contribution < 1.29 is 9.18 Å². The molecule has 2 N–H and O–H groups in total. The van der Waals surface area contributed by atoms with Crippen molar-refractivity contribution in [3.63, 3.8) is 0 Å². The topological polar surface area (TPSA) is 70.2 Å². The monoisotopic (exact) mass is 269 g/mol. The van der Waals surface area contributed by atoms with Gasteiger partial charge in [0.15, 0.2) is 11.6 Å². The van der Waals surface area contributed by atoms with Crippen LogP contribution >= 0.6 is 0 Å². The quantitative estimate of drug-likeness (QED) is 0.781. The van der Waals surface area contributed by atoms with Crippen LogP contribution in [0.15, 0.2) is 6.20 Å². The molecule has 6 nitrogen and oxygen atoms in total. The van der Waals surface area contributed by atoms with Gasteiger partial charge in [0, 0.05) is 20.1 Å². The van der Waals surface area contributed by atoms with Crippen LogP contribution in [0.1, 0.15) is 20.3 Å². The van der Waals surface area contributed by atoms with Gasteiger partial charge in [0.1, 0.15) is 0 Å². The van der Waals surface area contributed by atoms with Gasteiger partial charge in [-0.15, -0.1) is 0 Å². The molecule has 1 amide bonds. The highest BCUT2D eigenvalue weighted by atomic mass is 19.1. The second kappa shape index (κ2) is 7.50. The lowest BCUT2D eigenvalue weighted by atomic mass is 10.4. The first-order chi connectivity index (χ1) is 9.08. The highest BCUT2D eigenvalue weighted by Crippen LogP contribution is 2.11. The van der Waals surface area contributed by atoms with Crippen molar-refractivity contribution in [2.45, 2.75) is 20.3 Å². The van der Waals surface area contributed by atoms with Gasteiger partial charge in [0.25, 0.3) is 0 Å². The van der Waals surface area contributed by atoms with E-state index in [9.17, 15) is 9.18 Å². The second-order valence-electron chi connectivity index (χ2n) is 4.08. The van der Waals surface area contributed by atoms with E-state index in [-0.39, 0.29) is 18.3 Å². The summed E-state index contributed by atoms with van der Waals surface area (Å²) < 4.78 is 13.5. The summed E-state index contributed by atoms with van der Waals surface area (Å²) in [5, 5.41) is 5.65. The molecular formula is C12H20FN5O. The maximum Gasteiger partial charge on any atom is 0.241 e. The molecule has 0 aliphatic carbocycles. The molecule has 1 aromatic heterocycles. The van der Waals surface area contributed by atoms with Crippen LogP contribution < -0.4 is 10.6 Å². The van der Waals surface area contributed by atoms with E-state index < -0.39 is 5.82 Å². The number of rotatable bonds is 7. The van der Waals surface area contributed by atoms with Crippen molar-refractivity contribution in [3.05, 3.63) is 12.0 Å². The normalized spacial score (nSPS) is 10.1. The zero-order valence-corrected chi connectivity index (χ0v) is 11.5. The minimum absolute atomic E-state index is 0.00545. The molecule has 0 atom stereocenters. The number of amides is 1. The second-order valence-corrected chi connectivity index (χ2v) is 4.08. The van der Waals surface area contributed by atoms with Crippen LogP contribution in [-0.4, -0.2) is 47.5 Å². The van der Waals surface area contributed by atoms with Crippen LogP contribution in [0.25, 0.3) is 0 Å². The van der Waals surface area contributed by atoms with E-state index in [1.807, 2.05) is 13.8 Å². The Labute approximate surface area is 112 Å². The first-order valence-corrected chi connectivity index (χ1v) is 6.32. The summed E-state index contributed by atoms with van der Waals surface area (Å²) >= 11 is 0. The van der Waals surface area contributed by atoms with Crippen molar-refractivity contribution in [2.75, 3.05) is 37.3 Å². The molecule has 0 unspecified atom stereocenters. The maximum atomic E-state index is 13.5. The first kappa shape index (κ1) is 15.1. The SMILES string of the molecule is CCCNc1ncc(F)c(NCC(=O)N(C)CC)n1. The minimum Gasteiger partial charge on any atom is -0.358 e. The van der Waals surface area contributed by atoms with Crippen molar-refractivity contribution in [3.8, 4) is 0 Å². The van der Waals surface area contributed by atoms with Gasteiger partial charge in [-0.1, -0.05) is 6.92 Å². The third kappa shape index (κ3) is 4.69. The third-order valence-corrected chi connectivity index (χ3v) is 2.58. The molecule has 0 aromatic carbocycles. The number of nitrogens with zero attached hydrogens (tertiary/aromatic N) is 3. The zero-order valence-electron chi connectivity index (χ0n) is 11.5.